The molecule has 1 aliphatic heterocycles. The molecule has 3 amide bonds. The maximum Gasteiger partial charge on any atom is 0.416 e. The van der Waals surface area contributed by atoms with Gasteiger partial charge in [-0.3, -0.25) is 0 Å². The third-order valence-corrected chi connectivity index (χ3v) is 4.17. The first-order valence-electron chi connectivity index (χ1n) is 8.33. The molecule has 0 bridgehead atoms. The number of alkyl halides is 3. The molecular formula is C17H22F3N3O3. The van der Waals surface area contributed by atoms with Gasteiger partial charge in [-0.05, 0) is 37.0 Å². The lowest BCUT2D eigenvalue weighted by molar-refractivity contribution is -0.137. The second kappa shape index (κ2) is 8.77. The lowest BCUT2D eigenvalue weighted by Gasteiger charge is -2.32. The lowest BCUT2D eigenvalue weighted by Crippen LogP contribution is -2.52. The van der Waals surface area contributed by atoms with Crippen LogP contribution in [0.4, 0.5) is 22.8 Å². The van der Waals surface area contributed by atoms with Gasteiger partial charge in [0.25, 0.3) is 0 Å². The van der Waals surface area contributed by atoms with Crippen LogP contribution in [0.1, 0.15) is 24.0 Å². The van der Waals surface area contributed by atoms with Gasteiger partial charge in [-0.2, -0.15) is 13.2 Å². The number of hydrogen-bond acceptors (Lipinski definition) is 3. The van der Waals surface area contributed by atoms with E-state index in [1.54, 1.807) is 0 Å². The Bertz CT molecular complexity index is 620. The SMILES string of the molecule is COC(=O)N1CCCC(NC(=O)NCCc2ccc(C(F)(F)F)cc2)C1. The fourth-order valence-corrected chi connectivity index (χ4v) is 2.81. The van der Waals surface area contributed by atoms with Crippen LogP contribution in [0.25, 0.3) is 0 Å². The third-order valence-electron chi connectivity index (χ3n) is 4.17. The van der Waals surface area contributed by atoms with Gasteiger partial charge in [0.05, 0.1) is 12.7 Å². The third kappa shape index (κ3) is 5.82. The number of carbonyl (C=O) groups excluding carboxylic acids is 2. The number of urea groups is 1. The molecule has 0 spiro atoms. The Morgan fingerprint density at radius 2 is 1.96 bits per heavy atom. The van der Waals surface area contributed by atoms with Gasteiger partial charge in [0.2, 0.25) is 0 Å². The number of rotatable bonds is 4. The van der Waals surface area contributed by atoms with Crippen LogP contribution in [0.2, 0.25) is 0 Å². The summed E-state index contributed by atoms with van der Waals surface area (Å²) in [7, 11) is 1.31. The number of halogens is 3. The van der Waals surface area contributed by atoms with E-state index in [4.69, 9.17) is 0 Å². The number of likely N-dealkylation sites (tertiary alicyclic amines) is 1. The highest BCUT2D eigenvalue weighted by Crippen LogP contribution is 2.29. The molecule has 26 heavy (non-hydrogen) atoms. The minimum absolute atomic E-state index is 0.158. The maximum atomic E-state index is 12.5. The summed E-state index contributed by atoms with van der Waals surface area (Å²) >= 11 is 0. The molecule has 1 fully saturated rings. The summed E-state index contributed by atoms with van der Waals surface area (Å²) in [6.07, 6.45) is -2.82. The lowest BCUT2D eigenvalue weighted by atomic mass is 10.1. The van der Waals surface area contributed by atoms with Crippen molar-refractivity contribution in [1.29, 1.82) is 0 Å². The number of methoxy groups -OCH3 is 1. The summed E-state index contributed by atoms with van der Waals surface area (Å²) in [5.74, 6) is 0. The standard InChI is InChI=1S/C17H22F3N3O3/c1-26-16(25)23-10-2-3-14(11-23)22-15(24)21-9-8-12-4-6-13(7-5-12)17(18,19)20/h4-7,14H,2-3,8-11H2,1H3,(H2,21,22,24). The predicted molar refractivity (Wildman–Crippen MR) is 88.7 cm³/mol. The van der Waals surface area contributed by atoms with Crippen LogP contribution < -0.4 is 10.6 Å². The van der Waals surface area contributed by atoms with E-state index in [0.29, 0.717) is 31.6 Å². The summed E-state index contributed by atoms with van der Waals surface area (Å²) in [5.41, 5.74) is 0.00671. The van der Waals surface area contributed by atoms with Gasteiger partial charge < -0.3 is 20.3 Å². The van der Waals surface area contributed by atoms with E-state index in [1.807, 2.05) is 0 Å². The monoisotopic (exact) mass is 373 g/mol. The average molecular weight is 373 g/mol. The molecule has 0 radical (unpaired) electrons. The van der Waals surface area contributed by atoms with E-state index in [9.17, 15) is 22.8 Å². The molecule has 0 saturated carbocycles. The van der Waals surface area contributed by atoms with E-state index in [0.717, 1.165) is 25.0 Å². The van der Waals surface area contributed by atoms with Crippen molar-refractivity contribution < 1.29 is 27.5 Å². The molecule has 0 aromatic heterocycles. The first-order valence-corrected chi connectivity index (χ1v) is 8.33. The summed E-state index contributed by atoms with van der Waals surface area (Å²) in [6, 6.07) is 4.33. The smallest absolute Gasteiger partial charge is 0.416 e. The Hall–Kier alpha value is -2.45. The number of amides is 3. The quantitative estimate of drug-likeness (QED) is 0.853. The van der Waals surface area contributed by atoms with E-state index in [-0.39, 0.29) is 12.1 Å². The molecule has 1 aromatic rings. The van der Waals surface area contributed by atoms with Crippen LogP contribution in [-0.4, -0.2) is 49.8 Å². The molecule has 1 saturated heterocycles. The molecule has 1 atom stereocenters. The molecule has 6 nitrogen and oxygen atoms in total. The topological polar surface area (TPSA) is 70.7 Å². The summed E-state index contributed by atoms with van der Waals surface area (Å²) in [6.45, 7) is 1.28. The zero-order valence-corrected chi connectivity index (χ0v) is 14.4. The Morgan fingerprint density at radius 3 is 2.58 bits per heavy atom. The Balaban J connectivity index is 1.72. The van der Waals surface area contributed by atoms with E-state index < -0.39 is 17.8 Å². The van der Waals surface area contributed by atoms with Crippen molar-refractivity contribution in [3.63, 3.8) is 0 Å². The summed E-state index contributed by atoms with van der Waals surface area (Å²) in [5, 5.41) is 5.47. The van der Waals surface area contributed by atoms with Crippen molar-refractivity contribution in [3.8, 4) is 0 Å². The Morgan fingerprint density at radius 1 is 1.27 bits per heavy atom. The average Bonchev–Trinajstić information content (AvgIpc) is 2.61. The van der Waals surface area contributed by atoms with Gasteiger partial charge in [-0.25, -0.2) is 9.59 Å². The van der Waals surface area contributed by atoms with Gasteiger partial charge in [-0.1, -0.05) is 12.1 Å². The molecule has 0 aliphatic carbocycles. The van der Waals surface area contributed by atoms with Crippen LogP contribution in [0.3, 0.4) is 0 Å². The van der Waals surface area contributed by atoms with Crippen molar-refractivity contribution in [2.45, 2.75) is 31.5 Å². The second-order valence-corrected chi connectivity index (χ2v) is 6.10. The molecule has 2 rings (SSSR count). The van der Waals surface area contributed by atoms with Crippen molar-refractivity contribution in [3.05, 3.63) is 35.4 Å². The molecule has 2 N–H and O–H groups in total. The molecule has 9 heteroatoms. The number of hydrogen-bond donors (Lipinski definition) is 2. The Labute approximate surface area is 149 Å². The highest BCUT2D eigenvalue weighted by molar-refractivity contribution is 5.74. The van der Waals surface area contributed by atoms with Crippen LogP contribution in [0.5, 0.6) is 0 Å². The highest BCUT2D eigenvalue weighted by atomic mass is 19.4. The number of piperidine rings is 1. The van der Waals surface area contributed by atoms with Crippen LogP contribution in [-0.2, 0) is 17.3 Å². The first-order chi connectivity index (χ1) is 12.3. The number of carbonyl (C=O) groups is 2. The highest BCUT2D eigenvalue weighted by Gasteiger charge is 2.30. The summed E-state index contributed by atoms with van der Waals surface area (Å²) < 4.78 is 42.2. The maximum absolute atomic E-state index is 12.5. The van der Waals surface area contributed by atoms with Crippen molar-refractivity contribution in [2.75, 3.05) is 26.7 Å². The fraction of sp³-hybridized carbons (Fsp3) is 0.529. The minimum Gasteiger partial charge on any atom is -0.453 e. The molecule has 144 valence electrons. The van der Waals surface area contributed by atoms with Crippen LogP contribution >= 0.6 is 0 Å². The molecule has 1 unspecified atom stereocenters. The molecular weight excluding hydrogens is 351 g/mol. The number of benzene rings is 1. The molecule has 1 aliphatic rings. The van der Waals surface area contributed by atoms with Crippen molar-refractivity contribution in [2.24, 2.45) is 0 Å². The van der Waals surface area contributed by atoms with E-state index in [1.165, 1.54) is 24.1 Å². The number of nitrogens with zero attached hydrogens (tertiary/aromatic N) is 1. The first kappa shape index (κ1) is 19.9. The second-order valence-electron chi connectivity index (χ2n) is 6.10. The van der Waals surface area contributed by atoms with E-state index in [2.05, 4.69) is 15.4 Å². The predicted octanol–water partition coefficient (Wildman–Crippen LogP) is 2.78. The van der Waals surface area contributed by atoms with Gasteiger partial charge in [-0.15, -0.1) is 0 Å². The van der Waals surface area contributed by atoms with E-state index >= 15 is 0 Å². The van der Waals surface area contributed by atoms with Gasteiger partial charge in [0, 0.05) is 25.7 Å². The summed E-state index contributed by atoms with van der Waals surface area (Å²) in [4.78, 5) is 25.0. The van der Waals surface area contributed by atoms with Crippen molar-refractivity contribution >= 4 is 12.1 Å². The molecule has 1 heterocycles. The zero-order valence-electron chi connectivity index (χ0n) is 14.4. The zero-order chi connectivity index (χ0) is 19.2. The van der Waals surface area contributed by atoms with Gasteiger partial charge in [0.1, 0.15) is 0 Å². The molecule has 1 aromatic carbocycles. The van der Waals surface area contributed by atoms with Crippen LogP contribution in [0, 0.1) is 0 Å². The number of ether oxygens (including phenoxy) is 1. The Kier molecular flexibility index (Phi) is 6.70. The normalized spacial score (nSPS) is 17.5. The number of nitrogens with one attached hydrogen (secondary N) is 2. The van der Waals surface area contributed by atoms with Gasteiger partial charge >= 0.3 is 18.3 Å². The fourth-order valence-electron chi connectivity index (χ4n) is 2.81. The largest absolute Gasteiger partial charge is 0.453 e. The minimum atomic E-state index is -4.35. The van der Waals surface area contributed by atoms with Crippen LogP contribution in [0.15, 0.2) is 24.3 Å². The van der Waals surface area contributed by atoms with Gasteiger partial charge in [0.15, 0.2) is 0 Å². The van der Waals surface area contributed by atoms with Crippen molar-refractivity contribution in [1.82, 2.24) is 15.5 Å².